The molecular formula is C20H19FN2O2S. The van der Waals surface area contributed by atoms with Gasteiger partial charge >= 0.3 is 0 Å². The quantitative estimate of drug-likeness (QED) is 0.434. The van der Waals surface area contributed by atoms with Crippen LogP contribution in [0.1, 0.15) is 35.3 Å². The normalized spacial score (nSPS) is 10.9. The molecule has 26 heavy (non-hydrogen) atoms. The molecule has 3 aromatic rings. The van der Waals surface area contributed by atoms with Crippen LogP contribution in [0, 0.1) is 5.82 Å². The molecule has 4 nitrogen and oxygen atoms in total. The summed E-state index contributed by atoms with van der Waals surface area (Å²) >= 11 is 1.17. The van der Waals surface area contributed by atoms with Gasteiger partial charge in [0.2, 0.25) is 0 Å². The second-order valence-electron chi connectivity index (χ2n) is 5.76. The highest BCUT2D eigenvalue weighted by Crippen LogP contribution is 2.26. The second-order valence-corrected chi connectivity index (χ2v) is 6.69. The minimum absolute atomic E-state index is 0.0211. The van der Waals surface area contributed by atoms with Crippen LogP contribution in [0.15, 0.2) is 52.1 Å². The number of hydrogen-bond acceptors (Lipinski definition) is 5. The van der Waals surface area contributed by atoms with Gasteiger partial charge in [0.05, 0.1) is 11.3 Å². The van der Waals surface area contributed by atoms with E-state index in [1.165, 1.54) is 17.8 Å². The zero-order chi connectivity index (χ0) is 18.5. The van der Waals surface area contributed by atoms with Crippen molar-refractivity contribution in [1.82, 2.24) is 10.2 Å². The second kappa shape index (κ2) is 8.27. The van der Waals surface area contributed by atoms with Crippen molar-refractivity contribution < 1.29 is 13.6 Å². The molecule has 0 atom stereocenters. The highest BCUT2D eigenvalue weighted by Gasteiger charge is 2.16. The zero-order valence-electron chi connectivity index (χ0n) is 14.7. The van der Waals surface area contributed by atoms with E-state index in [-0.39, 0.29) is 28.2 Å². The van der Waals surface area contributed by atoms with Gasteiger partial charge in [-0.2, -0.15) is 0 Å². The minimum atomic E-state index is -0.423. The van der Waals surface area contributed by atoms with Crippen LogP contribution in [0.5, 0.6) is 0 Å². The van der Waals surface area contributed by atoms with Gasteiger partial charge in [-0.1, -0.05) is 49.9 Å². The molecule has 0 aliphatic rings. The van der Waals surface area contributed by atoms with Crippen molar-refractivity contribution in [3.8, 4) is 11.5 Å². The van der Waals surface area contributed by atoms with E-state index in [2.05, 4.69) is 23.2 Å². The molecule has 0 N–H and O–H groups in total. The van der Waals surface area contributed by atoms with Gasteiger partial charge in [-0.05, 0) is 42.2 Å². The molecule has 0 saturated heterocycles. The van der Waals surface area contributed by atoms with Crippen LogP contribution in [0.3, 0.4) is 0 Å². The Bertz CT molecular complexity index is 924. The van der Waals surface area contributed by atoms with Crippen LogP contribution in [0.2, 0.25) is 0 Å². The van der Waals surface area contributed by atoms with Gasteiger partial charge in [0.25, 0.3) is 11.1 Å². The zero-order valence-corrected chi connectivity index (χ0v) is 15.5. The van der Waals surface area contributed by atoms with Gasteiger partial charge in [0.15, 0.2) is 5.78 Å². The third kappa shape index (κ3) is 4.02. The third-order valence-corrected chi connectivity index (χ3v) is 4.92. The fourth-order valence-electron chi connectivity index (χ4n) is 2.63. The lowest BCUT2D eigenvalue weighted by molar-refractivity contribution is 0.102. The molecule has 1 aromatic heterocycles. The van der Waals surface area contributed by atoms with Gasteiger partial charge in [-0.15, -0.1) is 10.2 Å². The Morgan fingerprint density at radius 3 is 2.65 bits per heavy atom. The van der Waals surface area contributed by atoms with E-state index in [9.17, 15) is 9.18 Å². The number of thioether (sulfide) groups is 1. The van der Waals surface area contributed by atoms with E-state index >= 15 is 0 Å². The first kappa shape index (κ1) is 18.3. The standard InChI is InChI=1S/C20H19FN2O2S/c1-3-13-9-10-14(4-2)16(11-13)18(24)12-26-20-23-22-19(25-20)15-7-5-6-8-17(15)21/h5-11H,3-4,12H2,1-2H3. The van der Waals surface area contributed by atoms with Crippen molar-refractivity contribution >= 4 is 17.5 Å². The van der Waals surface area contributed by atoms with Crippen molar-refractivity contribution in [3.05, 3.63) is 65.0 Å². The SMILES string of the molecule is CCc1ccc(CC)c(C(=O)CSc2nnc(-c3ccccc3F)o2)c1. The van der Waals surface area contributed by atoms with E-state index in [0.29, 0.717) is 0 Å². The molecule has 1 heterocycles. The van der Waals surface area contributed by atoms with Crippen molar-refractivity contribution in [1.29, 1.82) is 0 Å². The molecule has 0 fully saturated rings. The summed E-state index contributed by atoms with van der Waals surface area (Å²) in [6.07, 6.45) is 1.68. The Kier molecular flexibility index (Phi) is 5.83. The topological polar surface area (TPSA) is 56.0 Å². The Labute approximate surface area is 155 Å². The molecular weight excluding hydrogens is 351 g/mol. The van der Waals surface area contributed by atoms with Crippen molar-refractivity contribution in [2.75, 3.05) is 5.75 Å². The fourth-order valence-corrected chi connectivity index (χ4v) is 3.27. The Balaban J connectivity index is 1.72. The third-order valence-electron chi connectivity index (χ3n) is 4.10. The number of rotatable bonds is 7. The number of halogens is 1. The molecule has 6 heteroatoms. The number of aryl methyl sites for hydroxylation is 2. The molecule has 0 aliphatic heterocycles. The van der Waals surface area contributed by atoms with Crippen molar-refractivity contribution in [2.45, 2.75) is 31.9 Å². The maximum atomic E-state index is 13.8. The van der Waals surface area contributed by atoms with Crippen LogP contribution in [0.4, 0.5) is 4.39 Å². The van der Waals surface area contributed by atoms with Crippen LogP contribution in [0.25, 0.3) is 11.5 Å². The van der Waals surface area contributed by atoms with Crippen LogP contribution < -0.4 is 0 Å². The lowest BCUT2D eigenvalue weighted by Gasteiger charge is -2.08. The monoisotopic (exact) mass is 370 g/mol. The number of carbonyl (C=O) groups excluding carboxylic acids is 1. The molecule has 0 radical (unpaired) electrons. The Morgan fingerprint density at radius 2 is 1.92 bits per heavy atom. The molecule has 0 spiro atoms. The smallest absolute Gasteiger partial charge is 0.277 e. The first-order chi connectivity index (χ1) is 12.6. The first-order valence-electron chi connectivity index (χ1n) is 8.48. The molecule has 2 aromatic carbocycles. The average Bonchev–Trinajstić information content (AvgIpc) is 3.14. The summed E-state index contributed by atoms with van der Waals surface area (Å²) in [5.74, 6) is -0.0974. The van der Waals surface area contributed by atoms with E-state index in [0.717, 1.165) is 29.5 Å². The number of ketones is 1. The lowest BCUT2D eigenvalue weighted by Crippen LogP contribution is -2.07. The maximum absolute atomic E-state index is 13.8. The molecule has 134 valence electrons. The highest BCUT2D eigenvalue weighted by atomic mass is 32.2. The predicted molar refractivity (Wildman–Crippen MR) is 99.9 cm³/mol. The number of nitrogens with zero attached hydrogens (tertiary/aromatic N) is 2. The fraction of sp³-hybridized carbons (Fsp3) is 0.250. The van der Waals surface area contributed by atoms with Crippen LogP contribution in [-0.2, 0) is 12.8 Å². The van der Waals surface area contributed by atoms with E-state index < -0.39 is 5.82 Å². The van der Waals surface area contributed by atoms with Crippen LogP contribution >= 0.6 is 11.8 Å². The van der Waals surface area contributed by atoms with Gasteiger partial charge in [0.1, 0.15) is 5.82 Å². The molecule has 0 amide bonds. The number of hydrogen-bond donors (Lipinski definition) is 0. The highest BCUT2D eigenvalue weighted by molar-refractivity contribution is 7.99. The van der Waals surface area contributed by atoms with Crippen LogP contribution in [-0.4, -0.2) is 21.7 Å². The lowest BCUT2D eigenvalue weighted by atomic mass is 9.98. The summed E-state index contributed by atoms with van der Waals surface area (Å²) in [6.45, 7) is 4.09. The summed E-state index contributed by atoms with van der Waals surface area (Å²) in [7, 11) is 0. The summed E-state index contributed by atoms with van der Waals surface area (Å²) in [5.41, 5.74) is 3.16. The van der Waals surface area contributed by atoms with Gasteiger partial charge < -0.3 is 4.42 Å². The van der Waals surface area contributed by atoms with Gasteiger partial charge in [-0.25, -0.2) is 4.39 Å². The molecule has 3 rings (SSSR count). The van der Waals surface area contributed by atoms with E-state index in [1.807, 2.05) is 19.1 Å². The number of carbonyl (C=O) groups is 1. The average molecular weight is 370 g/mol. The largest absolute Gasteiger partial charge is 0.411 e. The van der Waals surface area contributed by atoms with Crippen molar-refractivity contribution in [2.24, 2.45) is 0 Å². The van der Waals surface area contributed by atoms with Gasteiger partial charge in [-0.3, -0.25) is 4.79 Å². The maximum Gasteiger partial charge on any atom is 0.277 e. The molecule has 0 bridgehead atoms. The number of Topliss-reactive ketones (excluding diaryl/α,β-unsaturated/α-hetero) is 1. The Morgan fingerprint density at radius 1 is 1.12 bits per heavy atom. The summed E-state index contributed by atoms with van der Waals surface area (Å²) in [6, 6.07) is 12.2. The molecule has 0 unspecified atom stereocenters. The van der Waals surface area contributed by atoms with Gasteiger partial charge in [0, 0.05) is 5.56 Å². The number of aromatic nitrogens is 2. The summed E-state index contributed by atoms with van der Waals surface area (Å²) < 4.78 is 19.3. The van der Waals surface area contributed by atoms with E-state index in [4.69, 9.17) is 4.42 Å². The first-order valence-corrected chi connectivity index (χ1v) is 9.47. The molecule has 0 aliphatic carbocycles. The minimum Gasteiger partial charge on any atom is -0.411 e. The summed E-state index contributed by atoms with van der Waals surface area (Å²) in [4.78, 5) is 12.6. The predicted octanol–water partition coefficient (Wildman–Crippen LogP) is 4.98. The molecule has 0 saturated carbocycles. The Hall–Kier alpha value is -2.47. The van der Waals surface area contributed by atoms with Crippen molar-refractivity contribution in [3.63, 3.8) is 0 Å². The van der Waals surface area contributed by atoms with E-state index in [1.54, 1.807) is 18.2 Å². The number of benzene rings is 2. The summed E-state index contributed by atoms with van der Waals surface area (Å²) in [5, 5.41) is 8.02.